The van der Waals surface area contributed by atoms with Gasteiger partial charge in [-0.25, -0.2) is 0 Å². The van der Waals surface area contributed by atoms with E-state index in [4.69, 9.17) is 0 Å². The smallest absolute Gasteiger partial charge is 0.0159 e. The molecule has 0 heterocycles. The molecule has 0 bridgehead atoms. The third kappa shape index (κ3) is 2.76. The lowest BCUT2D eigenvalue weighted by atomic mass is 9.79. The standard InChI is InChI=1S/C46H32/c1-45(2)36-21-20-32-30-14-6-5-12-28(30)29-13-7-8-15-31(29)43(32)44(36)35-24-37-34(23-38(35)45)42-33-19-18-26-11-9-10-25-16-17-27(41(33)40(25)26)22-39(42)46(37,3)4/h5-24H,1-4H3. The summed E-state index contributed by atoms with van der Waals surface area (Å²) in [6.45, 7) is 9.75. The first-order chi connectivity index (χ1) is 22.3. The number of benzene rings is 9. The van der Waals surface area contributed by atoms with Gasteiger partial charge in [0.05, 0.1) is 0 Å². The van der Waals surface area contributed by atoms with Crippen LogP contribution >= 0.6 is 0 Å². The molecule has 11 rings (SSSR count). The summed E-state index contributed by atoms with van der Waals surface area (Å²) < 4.78 is 0. The minimum Gasteiger partial charge on any atom is -0.0616 e. The Morgan fingerprint density at radius 3 is 1.54 bits per heavy atom. The molecule has 46 heavy (non-hydrogen) atoms. The maximum Gasteiger partial charge on any atom is 0.0159 e. The lowest BCUT2D eigenvalue weighted by Gasteiger charge is -2.24. The average Bonchev–Trinajstić information content (AvgIpc) is 3.45. The second kappa shape index (κ2) is 7.95. The second-order valence-corrected chi connectivity index (χ2v) is 14.9. The normalized spacial score (nSPS) is 15.7. The molecule has 0 nitrogen and oxygen atoms in total. The maximum atomic E-state index is 2.59. The van der Waals surface area contributed by atoms with Crippen molar-refractivity contribution in [2.45, 2.75) is 38.5 Å². The van der Waals surface area contributed by atoms with E-state index in [0.717, 1.165) is 0 Å². The fraction of sp³-hybridized carbons (Fsp3) is 0.130. The second-order valence-electron chi connectivity index (χ2n) is 14.9. The van der Waals surface area contributed by atoms with Crippen LogP contribution in [0.1, 0.15) is 49.9 Å². The lowest BCUT2D eigenvalue weighted by molar-refractivity contribution is 0.652. The van der Waals surface area contributed by atoms with Gasteiger partial charge in [-0.1, -0.05) is 131 Å². The zero-order valence-corrected chi connectivity index (χ0v) is 26.5. The maximum absolute atomic E-state index is 2.59. The van der Waals surface area contributed by atoms with E-state index in [2.05, 4.69) is 149 Å². The largest absolute Gasteiger partial charge is 0.0616 e. The fourth-order valence-electron chi connectivity index (χ4n) is 9.73. The van der Waals surface area contributed by atoms with Crippen molar-refractivity contribution in [1.82, 2.24) is 0 Å². The van der Waals surface area contributed by atoms with Gasteiger partial charge in [0.25, 0.3) is 0 Å². The van der Waals surface area contributed by atoms with Gasteiger partial charge in [0.1, 0.15) is 0 Å². The first kappa shape index (κ1) is 25.0. The molecule has 0 radical (unpaired) electrons. The van der Waals surface area contributed by atoms with Crippen LogP contribution in [0.4, 0.5) is 0 Å². The van der Waals surface area contributed by atoms with Crippen molar-refractivity contribution < 1.29 is 0 Å². The van der Waals surface area contributed by atoms with Crippen LogP contribution in [-0.2, 0) is 10.8 Å². The molecule has 0 unspecified atom stereocenters. The highest BCUT2D eigenvalue weighted by Crippen LogP contribution is 2.60. The van der Waals surface area contributed by atoms with Crippen LogP contribution in [0.3, 0.4) is 0 Å². The summed E-state index contributed by atoms with van der Waals surface area (Å²) in [5, 5.41) is 16.3. The summed E-state index contributed by atoms with van der Waals surface area (Å²) in [6, 6.07) is 46.6. The van der Waals surface area contributed by atoms with Gasteiger partial charge in [0.2, 0.25) is 0 Å². The summed E-state index contributed by atoms with van der Waals surface area (Å²) in [7, 11) is 0. The van der Waals surface area contributed by atoms with Gasteiger partial charge in [-0.2, -0.15) is 0 Å². The van der Waals surface area contributed by atoms with E-state index < -0.39 is 0 Å². The summed E-state index contributed by atoms with van der Waals surface area (Å²) in [4.78, 5) is 0. The third-order valence-corrected chi connectivity index (χ3v) is 11.9. The van der Waals surface area contributed by atoms with Gasteiger partial charge >= 0.3 is 0 Å². The third-order valence-electron chi connectivity index (χ3n) is 11.9. The molecule has 9 aromatic carbocycles. The van der Waals surface area contributed by atoms with Crippen LogP contribution < -0.4 is 0 Å². The number of hydrogen-bond donors (Lipinski definition) is 0. The van der Waals surface area contributed by atoms with Crippen LogP contribution in [0, 0.1) is 0 Å². The predicted octanol–water partition coefficient (Wildman–Crippen LogP) is 12.7. The molecule has 0 saturated carbocycles. The molecule has 0 amide bonds. The van der Waals surface area contributed by atoms with E-state index in [0.29, 0.717) is 0 Å². The molecule has 0 atom stereocenters. The van der Waals surface area contributed by atoms with E-state index in [1.807, 2.05) is 0 Å². The molecule has 216 valence electrons. The summed E-state index contributed by atoms with van der Waals surface area (Å²) in [5.41, 5.74) is 11.2. The highest BCUT2D eigenvalue weighted by atomic mass is 14.5. The van der Waals surface area contributed by atoms with E-state index >= 15 is 0 Å². The Bertz CT molecular complexity index is 2790. The van der Waals surface area contributed by atoms with Gasteiger partial charge < -0.3 is 0 Å². The van der Waals surface area contributed by atoms with Crippen LogP contribution in [0.5, 0.6) is 0 Å². The summed E-state index contributed by atoms with van der Waals surface area (Å²) >= 11 is 0. The lowest BCUT2D eigenvalue weighted by Crippen LogP contribution is -2.17. The average molecular weight is 585 g/mol. The topological polar surface area (TPSA) is 0 Å². The van der Waals surface area contributed by atoms with Gasteiger partial charge in [-0.05, 0) is 127 Å². The quantitative estimate of drug-likeness (QED) is 0.156. The van der Waals surface area contributed by atoms with Crippen LogP contribution in [0.2, 0.25) is 0 Å². The van der Waals surface area contributed by atoms with Crippen molar-refractivity contribution in [3.8, 4) is 22.3 Å². The molecule has 0 N–H and O–H groups in total. The molecule has 0 aliphatic heterocycles. The Hall–Kier alpha value is -5.20. The SMILES string of the molecule is CC1(C)c2cc3c(cc2-c2c1cc1ccc4cccc5ccc2c1c45)C(C)(C)c1ccc2c4ccccc4c4ccccc4c2c1-3. The molecule has 0 saturated heterocycles. The van der Waals surface area contributed by atoms with Crippen LogP contribution in [0.25, 0.3) is 86.9 Å². The molecule has 2 aliphatic carbocycles. The van der Waals surface area contributed by atoms with Crippen molar-refractivity contribution in [1.29, 1.82) is 0 Å². The van der Waals surface area contributed by atoms with Crippen molar-refractivity contribution in [3.05, 3.63) is 144 Å². The Morgan fingerprint density at radius 2 is 0.848 bits per heavy atom. The Balaban J connectivity index is 1.28. The van der Waals surface area contributed by atoms with Gasteiger partial charge in [-0.3, -0.25) is 0 Å². The summed E-state index contributed by atoms with van der Waals surface area (Å²) in [5.74, 6) is 0. The monoisotopic (exact) mass is 584 g/mol. The number of rotatable bonds is 0. The molecule has 2 aliphatic rings. The molecule has 9 aromatic rings. The van der Waals surface area contributed by atoms with Gasteiger partial charge in [-0.15, -0.1) is 0 Å². The fourth-order valence-corrected chi connectivity index (χ4v) is 9.73. The van der Waals surface area contributed by atoms with Crippen molar-refractivity contribution in [2.24, 2.45) is 0 Å². The van der Waals surface area contributed by atoms with Crippen LogP contribution in [0.15, 0.2) is 121 Å². The van der Waals surface area contributed by atoms with Crippen molar-refractivity contribution in [3.63, 3.8) is 0 Å². The highest BCUT2D eigenvalue weighted by molar-refractivity contribution is 6.30. The molecule has 0 spiro atoms. The summed E-state index contributed by atoms with van der Waals surface area (Å²) in [6.07, 6.45) is 0. The minimum absolute atomic E-state index is 0.114. The predicted molar refractivity (Wildman–Crippen MR) is 198 cm³/mol. The zero-order valence-electron chi connectivity index (χ0n) is 26.5. The van der Waals surface area contributed by atoms with Crippen molar-refractivity contribution >= 4 is 64.6 Å². The molecule has 0 fully saturated rings. The zero-order chi connectivity index (χ0) is 30.7. The molecular weight excluding hydrogens is 553 g/mol. The Labute approximate surface area is 268 Å². The van der Waals surface area contributed by atoms with Crippen molar-refractivity contribution in [2.75, 3.05) is 0 Å². The first-order valence-corrected chi connectivity index (χ1v) is 16.6. The van der Waals surface area contributed by atoms with E-state index in [-0.39, 0.29) is 10.8 Å². The van der Waals surface area contributed by atoms with Gasteiger partial charge in [0.15, 0.2) is 0 Å². The molecule has 0 aromatic heterocycles. The minimum atomic E-state index is -0.115. The van der Waals surface area contributed by atoms with E-state index in [9.17, 15) is 0 Å². The number of fused-ring (bicyclic) bond motifs is 14. The number of hydrogen-bond acceptors (Lipinski definition) is 0. The van der Waals surface area contributed by atoms with E-state index in [1.54, 1.807) is 0 Å². The molecule has 0 heteroatoms. The Kier molecular flexibility index (Phi) is 4.33. The Morgan fingerprint density at radius 1 is 0.326 bits per heavy atom. The highest BCUT2D eigenvalue weighted by Gasteiger charge is 2.43. The molecular formula is C46H32. The van der Waals surface area contributed by atoms with Crippen LogP contribution in [-0.4, -0.2) is 0 Å². The van der Waals surface area contributed by atoms with Gasteiger partial charge in [0, 0.05) is 10.8 Å². The van der Waals surface area contributed by atoms with E-state index in [1.165, 1.54) is 109 Å². The first-order valence-electron chi connectivity index (χ1n) is 16.6.